The van der Waals surface area contributed by atoms with Gasteiger partial charge in [0.25, 0.3) is 5.91 Å². The highest BCUT2D eigenvalue weighted by Crippen LogP contribution is 2.31. The van der Waals surface area contributed by atoms with E-state index in [1.807, 2.05) is 4.90 Å². The fraction of sp³-hybridized carbons (Fsp3) is 0.538. The lowest BCUT2D eigenvalue weighted by Crippen LogP contribution is -2.41. The number of halogens is 1. The summed E-state index contributed by atoms with van der Waals surface area (Å²) in [4.78, 5) is 18.5. The third-order valence-corrected chi connectivity index (χ3v) is 4.06. The van der Waals surface area contributed by atoms with E-state index < -0.39 is 0 Å². The second-order valence-corrected chi connectivity index (χ2v) is 6.57. The molecule has 0 radical (unpaired) electrons. The maximum absolute atomic E-state index is 12.5. The third kappa shape index (κ3) is 3.25. The fourth-order valence-corrected chi connectivity index (χ4v) is 2.53. The van der Waals surface area contributed by atoms with Crippen LogP contribution >= 0.6 is 15.9 Å². The summed E-state index contributed by atoms with van der Waals surface area (Å²) in [5, 5.41) is 0. The Morgan fingerprint density at radius 1 is 1.47 bits per heavy atom. The number of likely N-dealkylation sites (tertiary alicyclic amines) is 1. The predicted octanol–water partition coefficient (Wildman–Crippen LogP) is 2.39. The molecular formula is C13H19BrN4O. The van der Waals surface area contributed by atoms with Crippen molar-refractivity contribution in [2.45, 2.75) is 26.7 Å². The van der Waals surface area contributed by atoms with Crippen LogP contribution in [0.25, 0.3) is 0 Å². The van der Waals surface area contributed by atoms with E-state index in [1.54, 1.807) is 12.3 Å². The van der Waals surface area contributed by atoms with Crippen LogP contribution in [0.5, 0.6) is 0 Å². The molecule has 1 aromatic heterocycles. The molecule has 104 valence electrons. The van der Waals surface area contributed by atoms with Crippen molar-refractivity contribution in [2.75, 3.05) is 18.5 Å². The van der Waals surface area contributed by atoms with Crippen molar-refractivity contribution in [3.63, 3.8) is 0 Å². The first kappa shape index (κ1) is 14.3. The monoisotopic (exact) mass is 326 g/mol. The number of amides is 1. The highest BCUT2D eigenvalue weighted by Gasteiger charge is 2.29. The Kier molecular flexibility index (Phi) is 4.10. The number of anilines is 1. The maximum Gasteiger partial charge on any atom is 0.257 e. The van der Waals surface area contributed by atoms with Crippen molar-refractivity contribution in [2.24, 2.45) is 11.3 Å². The molecule has 0 spiro atoms. The van der Waals surface area contributed by atoms with Gasteiger partial charge in [-0.3, -0.25) is 4.79 Å². The summed E-state index contributed by atoms with van der Waals surface area (Å²) in [6.45, 7) is 6.04. The van der Waals surface area contributed by atoms with Crippen LogP contribution in [0, 0.1) is 5.41 Å². The average Bonchev–Trinajstić information content (AvgIpc) is 2.38. The normalized spacial score (nSPS) is 18.2. The van der Waals surface area contributed by atoms with Crippen molar-refractivity contribution in [1.29, 1.82) is 0 Å². The summed E-state index contributed by atoms with van der Waals surface area (Å²) in [6, 6.07) is 1.75. The average molecular weight is 327 g/mol. The number of carbonyl (C=O) groups is 1. The van der Waals surface area contributed by atoms with Gasteiger partial charge >= 0.3 is 0 Å². The standard InChI is InChI=1S/C13H19BrN4O/c1-13(2)3-5-18(6-4-13)12(19)10-7-9(14)8-16-11(10)17-15/h7-8H,3-6,15H2,1-2H3,(H,16,17). The minimum atomic E-state index is -0.0164. The number of carbonyl (C=O) groups excluding carboxylic acids is 1. The summed E-state index contributed by atoms with van der Waals surface area (Å²) >= 11 is 3.33. The zero-order chi connectivity index (χ0) is 14.0. The van der Waals surface area contributed by atoms with E-state index >= 15 is 0 Å². The van der Waals surface area contributed by atoms with Crippen molar-refractivity contribution >= 4 is 27.7 Å². The van der Waals surface area contributed by atoms with Crippen molar-refractivity contribution in [1.82, 2.24) is 9.88 Å². The Morgan fingerprint density at radius 3 is 2.68 bits per heavy atom. The summed E-state index contributed by atoms with van der Waals surface area (Å²) in [5.41, 5.74) is 3.31. The second-order valence-electron chi connectivity index (χ2n) is 5.65. The lowest BCUT2D eigenvalue weighted by molar-refractivity contribution is 0.0631. The number of nitrogens with two attached hydrogens (primary N) is 1. The number of hydrogen-bond donors (Lipinski definition) is 2. The molecule has 1 aromatic rings. The molecular weight excluding hydrogens is 308 g/mol. The van der Waals surface area contributed by atoms with Crippen LogP contribution < -0.4 is 11.3 Å². The van der Waals surface area contributed by atoms with E-state index in [-0.39, 0.29) is 5.91 Å². The van der Waals surface area contributed by atoms with Gasteiger partial charge in [0.05, 0.1) is 5.56 Å². The first-order valence-corrected chi connectivity index (χ1v) is 7.14. The van der Waals surface area contributed by atoms with Crippen LogP contribution in [0.4, 0.5) is 5.82 Å². The predicted molar refractivity (Wildman–Crippen MR) is 78.7 cm³/mol. The van der Waals surface area contributed by atoms with Gasteiger partial charge < -0.3 is 10.3 Å². The summed E-state index contributed by atoms with van der Waals surface area (Å²) in [5.74, 6) is 5.81. The number of nitrogens with one attached hydrogen (secondary N) is 1. The number of pyridine rings is 1. The summed E-state index contributed by atoms with van der Waals surface area (Å²) in [6.07, 6.45) is 3.66. The minimum Gasteiger partial charge on any atom is -0.338 e. The van der Waals surface area contributed by atoms with Crippen LogP contribution in [-0.4, -0.2) is 28.9 Å². The van der Waals surface area contributed by atoms with E-state index in [0.29, 0.717) is 16.8 Å². The van der Waals surface area contributed by atoms with Gasteiger partial charge in [0.1, 0.15) is 0 Å². The third-order valence-electron chi connectivity index (χ3n) is 3.63. The van der Waals surface area contributed by atoms with E-state index in [9.17, 15) is 4.79 Å². The Balaban J connectivity index is 2.18. The number of hydrazine groups is 1. The zero-order valence-corrected chi connectivity index (χ0v) is 12.8. The van der Waals surface area contributed by atoms with Gasteiger partial charge in [0.2, 0.25) is 0 Å². The molecule has 0 aromatic carbocycles. The fourth-order valence-electron chi connectivity index (χ4n) is 2.20. The largest absolute Gasteiger partial charge is 0.338 e. The number of nitrogens with zero attached hydrogens (tertiary/aromatic N) is 2. The Bertz CT molecular complexity index is 480. The molecule has 19 heavy (non-hydrogen) atoms. The van der Waals surface area contributed by atoms with E-state index in [1.165, 1.54) is 0 Å². The Hall–Kier alpha value is -1.14. The summed E-state index contributed by atoms with van der Waals surface area (Å²) < 4.78 is 0.771. The Morgan fingerprint density at radius 2 is 2.11 bits per heavy atom. The van der Waals surface area contributed by atoms with E-state index in [2.05, 4.69) is 40.2 Å². The molecule has 1 fully saturated rings. The number of rotatable bonds is 2. The molecule has 0 saturated carbocycles. The van der Waals surface area contributed by atoms with Gasteiger partial charge in [-0.1, -0.05) is 13.8 Å². The van der Waals surface area contributed by atoms with Gasteiger partial charge in [0.15, 0.2) is 5.82 Å². The molecule has 3 N–H and O–H groups in total. The topological polar surface area (TPSA) is 71.2 Å². The molecule has 1 saturated heterocycles. The van der Waals surface area contributed by atoms with E-state index in [0.717, 1.165) is 30.4 Å². The first-order valence-electron chi connectivity index (χ1n) is 6.34. The SMILES string of the molecule is CC1(C)CCN(C(=O)c2cc(Br)cnc2NN)CC1. The van der Waals surface area contributed by atoms with Crippen LogP contribution in [-0.2, 0) is 0 Å². The molecule has 0 atom stereocenters. The number of piperidine rings is 1. The van der Waals surface area contributed by atoms with Crippen LogP contribution in [0.1, 0.15) is 37.0 Å². The molecule has 1 amide bonds. The molecule has 0 unspecified atom stereocenters. The van der Waals surface area contributed by atoms with Crippen molar-refractivity contribution in [3.8, 4) is 0 Å². The van der Waals surface area contributed by atoms with Crippen LogP contribution in [0.15, 0.2) is 16.7 Å². The lowest BCUT2D eigenvalue weighted by Gasteiger charge is -2.37. The number of hydrogen-bond acceptors (Lipinski definition) is 4. The molecule has 1 aliphatic rings. The van der Waals surface area contributed by atoms with Gasteiger partial charge in [-0.25, -0.2) is 10.8 Å². The van der Waals surface area contributed by atoms with Gasteiger partial charge in [-0.15, -0.1) is 0 Å². The van der Waals surface area contributed by atoms with Crippen molar-refractivity contribution < 1.29 is 4.79 Å². The Labute approximate surface area is 121 Å². The molecule has 2 rings (SSSR count). The molecule has 5 nitrogen and oxygen atoms in total. The number of nitrogen functional groups attached to an aromatic ring is 1. The molecule has 2 heterocycles. The van der Waals surface area contributed by atoms with Crippen LogP contribution in [0.2, 0.25) is 0 Å². The highest BCUT2D eigenvalue weighted by molar-refractivity contribution is 9.10. The number of aromatic nitrogens is 1. The minimum absolute atomic E-state index is 0.0164. The second kappa shape index (κ2) is 5.46. The van der Waals surface area contributed by atoms with Gasteiger partial charge in [0, 0.05) is 23.8 Å². The van der Waals surface area contributed by atoms with Gasteiger partial charge in [-0.2, -0.15) is 0 Å². The smallest absolute Gasteiger partial charge is 0.257 e. The van der Waals surface area contributed by atoms with Crippen molar-refractivity contribution in [3.05, 3.63) is 22.3 Å². The lowest BCUT2D eigenvalue weighted by atomic mass is 9.82. The van der Waals surface area contributed by atoms with Gasteiger partial charge in [-0.05, 0) is 40.3 Å². The summed E-state index contributed by atoms with van der Waals surface area (Å²) in [7, 11) is 0. The highest BCUT2D eigenvalue weighted by atomic mass is 79.9. The zero-order valence-electron chi connectivity index (χ0n) is 11.2. The van der Waals surface area contributed by atoms with Crippen LogP contribution in [0.3, 0.4) is 0 Å². The first-order chi connectivity index (χ1) is 8.93. The molecule has 1 aliphatic heterocycles. The maximum atomic E-state index is 12.5. The molecule has 6 heteroatoms. The van der Waals surface area contributed by atoms with E-state index in [4.69, 9.17) is 5.84 Å². The molecule has 0 bridgehead atoms. The quantitative estimate of drug-likeness (QED) is 0.646. The molecule has 0 aliphatic carbocycles.